The van der Waals surface area contributed by atoms with Crippen molar-refractivity contribution in [3.05, 3.63) is 64.2 Å². The summed E-state index contributed by atoms with van der Waals surface area (Å²) >= 11 is 6.03. The van der Waals surface area contributed by atoms with Gasteiger partial charge >= 0.3 is 5.97 Å². The minimum Gasteiger partial charge on any atom is -0.465 e. The Balaban J connectivity index is 1.70. The maximum absolute atomic E-state index is 12.9. The van der Waals surface area contributed by atoms with Crippen LogP contribution < -0.4 is 4.90 Å². The van der Waals surface area contributed by atoms with Gasteiger partial charge < -0.3 is 9.64 Å². The van der Waals surface area contributed by atoms with Gasteiger partial charge in [-0.05, 0) is 55.3 Å². The highest BCUT2D eigenvalue weighted by atomic mass is 35.5. The topological polar surface area (TPSA) is 49.9 Å². The number of piperazine rings is 1. The summed E-state index contributed by atoms with van der Waals surface area (Å²) in [6.45, 7) is 5.96. The van der Waals surface area contributed by atoms with E-state index in [0.717, 1.165) is 23.4 Å². The third kappa shape index (κ3) is 4.15. The summed E-state index contributed by atoms with van der Waals surface area (Å²) in [7, 11) is 1.37. The van der Waals surface area contributed by atoms with Gasteiger partial charge in [0, 0.05) is 30.3 Å². The smallest absolute Gasteiger partial charge is 0.337 e. The summed E-state index contributed by atoms with van der Waals surface area (Å²) < 4.78 is 4.72. The summed E-state index contributed by atoms with van der Waals surface area (Å²) in [6, 6.07) is 12.7. The predicted octanol–water partition coefficient (Wildman–Crippen LogP) is 3.67. The highest BCUT2D eigenvalue weighted by Gasteiger charge is 2.32. The molecule has 0 saturated carbocycles. The van der Waals surface area contributed by atoms with Crippen LogP contribution >= 0.6 is 11.6 Å². The SMILES string of the molecule is COC(=O)c1ccc(CN2CCN(c3ccc(Cl)cc3C)C(=O)C2C)cc1. The van der Waals surface area contributed by atoms with Crippen LogP contribution in [0.2, 0.25) is 5.02 Å². The summed E-state index contributed by atoms with van der Waals surface area (Å²) in [5.41, 5.74) is 3.49. The fraction of sp³-hybridized carbons (Fsp3) is 0.333. The lowest BCUT2D eigenvalue weighted by atomic mass is 10.1. The molecule has 1 unspecified atom stereocenters. The molecule has 1 saturated heterocycles. The largest absolute Gasteiger partial charge is 0.465 e. The van der Waals surface area contributed by atoms with E-state index >= 15 is 0 Å². The van der Waals surface area contributed by atoms with Crippen molar-refractivity contribution in [1.82, 2.24) is 4.90 Å². The molecular formula is C21H23ClN2O3. The summed E-state index contributed by atoms with van der Waals surface area (Å²) in [6.07, 6.45) is 0. The summed E-state index contributed by atoms with van der Waals surface area (Å²) in [5.74, 6) is -0.269. The summed E-state index contributed by atoms with van der Waals surface area (Å²) in [4.78, 5) is 28.5. The third-order valence-electron chi connectivity index (χ3n) is 4.99. The minimum absolute atomic E-state index is 0.0813. The van der Waals surface area contributed by atoms with E-state index in [0.29, 0.717) is 23.7 Å². The van der Waals surface area contributed by atoms with Crippen molar-refractivity contribution in [1.29, 1.82) is 0 Å². The second-order valence-corrected chi connectivity index (χ2v) is 7.19. The first kappa shape index (κ1) is 19.4. The van der Waals surface area contributed by atoms with Gasteiger partial charge in [0.25, 0.3) is 0 Å². The van der Waals surface area contributed by atoms with Crippen molar-refractivity contribution in [3.8, 4) is 0 Å². The second-order valence-electron chi connectivity index (χ2n) is 6.76. The monoisotopic (exact) mass is 386 g/mol. The van der Waals surface area contributed by atoms with Gasteiger partial charge in [-0.3, -0.25) is 9.69 Å². The molecule has 0 aromatic heterocycles. The van der Waals surface area contributed by atoms with Gasteiger partial charge in [-0.15, -0.1) is 0 Å². The Morgan fingerprint density at radius 2 is 1.89 bits per heavy atom. The molecule has 1 aliphatic rings. The number of nitrogens with zero attached hydrogens (tertiary/aromatic N) is 2. The molecule has 1 heterocycles. The third-order valence-corrected chi connectivity index (χ3v) is 5.23. The van der Waals surface area contributed by atoms with Gasteiger partial charge in [-0.2, -0.15) is 0 Å². The first-order chi connectivity index (χ1) is 12.9. The van der Waals surface area contributed by atoms with E-state index in [2.05, 4.69) is 4.90 Å². The molecule has 2 aromatic carbocycles. The number of carbonyl (C=O) groups excluding carboxylic acids is 2. The van der Waals surface area contributed by atoms with Gasteiger partial charge in [-0.1, -0.05) is 23.7 Å². The number of benzene rings is 2. The van der Waals surface area contributed by atoms with Crippen LogP contribution in [0.4, 0.5) is 5.69 Å². The van der Waals surface area contributed by atoms with Crippen LogP contribution in [-0.2, 0) is 16.1 Å². The Morgan fingerprint density at radius 1 is 1.19 bits per heavy atom. The van der Waals surface area contributed by atoms with Crippen LogP contribution in [0.1, 0.15) is 28.4 Å². The molecule has 1 aliphatic heterocycles. The fourth-order valence-electron chi connectivity index (χ4n) is 3.39. The molecule has 1 fully saturated rings. The Morgan fingerprint density at radius 3 is 2.52 bits per heavy atom. The Labute approximate surface area is 164 Å². The number of amides is 1. The van der Waals surface area contributed by atoms with Gasteiger partial charge in [0.2, 0.25) is 5.91 Å². The van der Waals surface area contributed by atoms with Crippen molar-refractivity contribution in [2.24, 2.45) is 0 Å². The molecule has 2 aromatic rings. The number of halogens is 1. The molecule has 142 valence electrons. The van der Waals surface area contributed by atoms with Crippen LogP contribution in [-0.4, -0.2) is 43.0 Å². The molecule has 6 heteroatoms. The number of ether oxygens (including phenoxy) is 1. The number of anilines is 1. The van der Waals surface area contributed by atoms with Gasteiger partial charge in [0.15, 0.2) is 0 Å². The number of carbonyl (C=O) groups is 2. The van der Waals surface area contributed by atoms with Crippen LogP contribution in [0.25, 0.3) is 0 Å². The Hall–Kier alpha value is -2.37. The maximum atomic E-state index is 12.9. The predicted molar refractivity (Wildman–Crippen MR) is 106 cm³/mol. The van der Waals surface area contributed by atoms with Gasteiger partial charge in [0.1, 0.15) is 0 Å². The zero-order chi connectivity index (χ0) is 19.6. The van der Waals surface area contributed by atoms with Crippen molar-refractivity contribution >= 4 is 29.2 Å². The highest BCUT2D eigenvalue weighted by Crippen LogP contribution is 2.27. The van der Waals surface area contributed by atoms with E-state index in [9.17, 15) is 9.59 Å². The number of methoxy groups -OCH3 is 1. The second kappa shape index (κ2) is 8.11. The number of esters is 1. The molecule has 5 nitrogen and oxygen atoms in total. The fourth-order valence-corrected chi connectivity index (χ4v) is 3.62. The van der Waals surface area contributed by atoms with Crippen LogP contribution in [0.15, 0.2) is 42.5 Å². The Kier molecular flexibility index (Phi) is 5.82. The molecule has 1 amide bonds. The van der Waals surface area contributed by atoms with Gasteiger partial charge in [-0.25, -0.2) is 4.79 Å². The zero-order valence-corrected chi connectivity index (χ0v) is 16.5. The van der Waals surface area contributed by atoms with Crippen LogP contribution in [0, 0.1) is 6.92 Å². The number of hydrogen-bond acceptors (Lipinski definition) is 4. The number of aryl methyl sites for hydroxylation is 1. The molecule has 0 radical (unpaired) electrons. The van der Waals surface area contributed by atoms with E-state index in [4.69, 9.17) is 16.3 Å². The lowest BCUT2D eigenvalue weighted by Crippen LogP contribution is -2.55. The van der Waals surface area contributed by atoms with E-state index < -0.39 is 0 Å². The Bertz CT molecular complexity index is 851. The zero-order valence-electron chi connectivity index (χ0n) is 15.7. The molecular weight excluding hydrogens is 364 g/mol. The van der Waals surface area contributed by atoms with Crippen molar-refractivity contribution in [2.75, 3.05) is 25.1 Å². The molecule has 3 rings (SSSR count). The van der Waals surface area contributed by atoms with E-state index in [1.807, 2.05) is 49.1 Å². The molecule has 0 spiro atoms. The molecule has 1 atom stereocenters. The number of rotatable bonds is 4. The normalized spacial score (nSPS) is 17.9. The average molecular weight is 387 g/mol. The quantitative estimate of drug-likeness (QED) is 0.752. The van der Waals surface area contributed by atoms with Crippen molar-refractivity contribution in [3.63, 3.8) is 0 Å². The lowest BCUT2D eigenvalue weighted by molar-refractivity contribution is -0.125. The first-order valence-electron chi connectivity index (χ1n) is 8.89. The van der Waals surface area contributed by atoms with E-state index in [1.165, 1.54) is 7.11 Å². The van der Waals surface area contributed by atoms with Gasteiger partial charge in [0.05, 0.1) is 18.7 Å². The standard InChI is InChI=1S/C21H23ClN2O3/c1-14-12-18(22)8-9-19(14)24-11-10-23(15(2)20(24)25)13-16-4-6-17(7-5-16)21(26)27-3/h4-9,12,15H,10-11,13H2,1-3H3. The highest BCUT2D eigenvalue weighted by molar-refractivity contribution is 6.30. The molecule has 0 N–H and O–H groups in total. The minimum atomic E-state index is -0.350. The number of hydrogen-bond donors (Lipinski definition) is 0. The average Bonchev–Trinajstić information content (AvgIpc) is 2.66. The van der Waals surface area contributed by atoms with E-state index in [-0.39, 0.29) is 17.9 Å². The molecule has 0 bridgehead atoms. The lowest BCUT2D eigenvalue weighted by Gasteiger charge is -2.39. The first-order valence-corrected chi connectivity index (χ1v) is 9.27. The molecule has 27 heavy (non-hydrogen) atoms. The van der Waals surface area contributed by atoms with E-state index in [1.54, 1.807) is 12.1 Å². The molecule has 0 aliphatic carbocycles. The summed E-state index contributed by atoms with van der Waals surface area (Å²) in [5, 5.41) is 0.672. The van der Waals surface area contributed by atoms with Crippen molar-refractivity contribution in [2.45, 2.75) is 26.4 Å². The van der Waals surface area contributed by atoms with Crippen LogP contribution in [0.3, 0.4) is 0 Å². The maximum Gasteiger partial charge on any atom is 0.337 e. The van der Waals surface area contributed by atoms with Crippen molar-refractivity contribution < 1.29 is 14.3 Å². The van der Waals surface area contributed by atoms with Crippen LogP contribution in [0.5, 0.6) is 0 Å².